The zero-order valence-electron chi connectivity index (χ0n) is 12.6. The van der Waals surface area contributed by atoms with Crippen LogP contribution in [-0.2, 0) is 4.74 Å². The lowest BCUT2D eigenvalue weighted by molar-refractivity contribution is -0.0238. The van der Waals surface area contributed by atoms with E-state index in [0.717, 1.165) is 37.6 Å². The number of benzene rings is 1. The Morgan fingerprint density at radius 2 is 1.85 bits per heavy atom. The molecule has 1 atom stereocenters. The first-order chi connectivity index (χ1) is 9.59. The summed E-state index contributed by atoms with van der Waals surface area (Å²) in [6.45, 7) is 7.86. The van der Waals surface area contributed by atoms with Gasteiger partial charge < -0.3 is 9.47 Å². The van der Waals surface area contributed by atoms with Gasteiger partial charge in [0.15, 0.2) is 0 Å². The molecule has 2 rings (SSSR count). The lowest BCUT2D eigenvalue weighted by Gasteiger charge is -2.45. The van der Waals surface area contributed by atoms with Crippen LogP contribution in [0.15, 0.2) is 24.3 Å². The van der Waals surface area contributed by atoms with Crippen LogP contribution in [0.5, 0.6) is 5.75 Å². The molecule has 1 fully saturated rings. The Balaban J connectivity index is 2.20. The van der Waals surface area contributed by atoms with E-state index in [2.05, 4.69) is 36.3 Å². The van der Waals surface area contributed by atoms with E-state index >= 15 is 0 Å². The Morgan fingerprint density at radius 3 is 2.35 bits per heavy atom. The van der Waals surface area contributed by atoms with Gasteiger partial charge in [0.1, 0.15) is 5.75 Å². The van der Waals surface area contributed by atoms with Gasteiger partial charge in [-0.1, -0.05) is 12.1 Å². The fraction of sp³-hybridized carbons (Fsp3) is 0.600. The van der Waals surface area contributed by atoms with E-state index in [1.165, 1.54) is 0 Å². The molecular weight excluding hydrogens is 254 g/mol. The number of morpholine rings is 1. The van der Waals surface area contributed by atoms with Crippen molar-refractivity contribution in [3.63, 3.8) is 0 Å². The van der Waals surface area contributed by atoms with Crippen LogP contribution >= 0.6 is 0 Å². The molecule has 0 aromatic heterocycles. The van der Waals surface area contributed by atoms with Crippen LogP contribution in [0.25, 0.3) is 0 Å². The molecule has 1 saturated heterocycles. The maximum absolute atomic E-state index is 5.83. The Bertz CT molecular complexity index is 414. The number of hydrogen-bond acceptors (Lipinski definition) is 5. The van der Waals surface area contributed by atoms with Gasteiger partial charge >= 0.3 is 0 Å². The highest BCUT2D eigenvalue weighted by atomic mass is 16.5. The van der Waals surface area contributed by atoms with Crippen LogP contribution in [-0.4, -0.2) is 43.9 Å². The second-order valence-corrected chi connectivity index (χ2v) is 5.63. The van der Waals surface area contributed by atoms with Crippen LogP contribution in [0.1, 0.15) is 25.5 Å². The van der Waals surface area contributed by atoms with Crippen molar-refractivity contribution in [2.75, 3.05) is 33.4 Å². The summed E-state index contributed by atoms with van der Waals surface area (Å²) in [5.41, 5.74) is 4.04. The molecule has 0 spiro atoms. The minimum atomic E-state index is -0.0902. The van der Waals surface area contributed by atoms with Crippen molar-refractivity contribution in [1.82, 2.24) is 10.3 Å². The van der Waals surface area contributed by atoms with Gasteiger partial charge in [0.05, 0.1) is 26.4 Å². The van der Waals surface area contributed by atoms with Crippen LogP contribution in [0.3, 0.4) is 0 Å². The molecule has 5 nitrogen and oxygen atoms in total. The van der Waals surface area contributed by atoms with Crippen molar-refractivity contribution >= 4 is 0 Å². The van der Waals surface area contributed by atoms with E-state index in [9.17, 15) is 0 Å². The average Bonchev–Trinajstić information content (AvgIpc) is 2.49. The number of hydrogen-bond donors (Lipinski definition) is 2. The van der Waals surface area contributed by atoms with Crippen LogP contribution < -0.4 is 16.0 Å². The summed E-state index contributed by atoms with van der Waals surface area (Å²) in [5, 5.41) is 0. The fourth-order valence-electron chi connectivity index (χ4n) is 2.83. The van der Waals surface area contributed by atoms with Gasteiger partial charge in [0.25, 0.3) is 0 Å². The third-order valence-electron chi connectivity index (χ3n) is 4.15. The Kier molecular flexibility index (Phi) is 4.99. The minimum Gasteiger partial charge on any atom is -0.497 e. The van der Waals surface area contributed by atoms with Crippen LogP contribution in [0, 0.1) is 0 Å². The molecule has 1 aromatic rings. The zero-order valence-corrected chi connectivity index (χ0v) is 12.6. The molecule has 112 valence electrons. The smallest absolute Gasteiger partial charge is 0.118 e. The van der Waals surface area contributed by atoms with Gasteiger partial charge in [-0.25, -0.2) is 0 Å². The summed E-state index contributed by atoms with van der Waals surface area (Å²) in [6.07, 6.45) is 0. The molecule has 1 aliphatic heterocycles. The van der Waals surface area contributed by atoms with E-state index in [0.29, 0.717) is 0 Å². The second kappa shape index (κ2) is 6.54. The Morgan fingerprint density at radius 1 is 1.25 bits per heavy atom. The van der Waals surface area contributed by atoms with E-state index in [1.807, 2.05) is 12.1 Å². The molecule has 3 N–H and O–H groups in total. The zero-order chi connectivity index (χ0) is 14.6. The third-order valence-corrected chi connectivity index (χ3v) is 4.15. The van der Waals surface area contributed by atoms with Crippen molar-refractivity contribution in [3.05, 3.63) is 29.8 Å². The van der Waals surface area contributed by atoms with Crippen molar-refractivity contribution in [3.8, 4) is 5.75 Å². The number of hydrazine groups is 1. The highest BCUT2D eigenvalue weighted by molar-refractivity contribution is 5.30. The average molecular weight is 279 g/mol. The summed E-state index contributed by atoms with van der Waals surface area (Å²) in [7, 11) is 1.67. The van der Waals surface area contributed by atoms with Crippen molar-refractivity contribution in [2.45, 2.75) is 25.4 Å². The highest BCUT2D eigenvalue weighted by Crippen LogP contribution is 2.31. The molecule has 20 heavy (non-hydrogen) atoms. The quantitative estimate of drug-likeness (QED) is 0.628. The monoisotopic (exact) mass is 279 g/mol. The number of ether oxygens (including phenoxy) is 2. The molecule has 5 heteroatoms. The molecule has 0 bridgehead atoms. The topological polar surface area (TPSA) is 59.8 Å². The van der Waals surface area contributed by atoms with Gasteiger partial charge in [-0.05, 0) is 31.5 Å². The first kappa shape index (κ1) is 15.3. The third kappa shape index (κ3) is 3.12. The minimum absolute atomic E-state index is 0.0477. The number of rotatable bonds is 5. The molecule has 1 unspecified atom stereocenters. The number of nitrogens with one attached hydrogen (secondary N) is 1. The van der Waals surface area contributed by atoms with Crippen LogP contribution in [0.4, 0.5) is 0 Å². The standard InChI is InChI=1S/C15H25N3O2/c1-15(2,18-8-10-20-11-9-18)14(17-16)12-4-6-13(19-3)7-5-12/h4-7,14,17H,8-11,16H2,1-3H3. The van der Waals surface area contributed by atoms with E-state index in [-0.39, 0.29) is 11.6 Å². The highest BCUT2D eigenvalue weighted by Gasteiger charge is 2.36. The maximum Gasteiger partial charge on any atom is 0.118 e. The lowest BCUT2D eigenvalue weighted by Crippen LogP contribution is -2.57. The summed E-state index contributed by atoms with van der Waals surface area (Å²) in [5.74, 6) is 6.68. The summed E-state index contributed by atoms with van der Waals surface area (Å²) in [4.78, 5) is 2.42. The van der Waals surface area contributed by atoms with E-state index in [4.69, 9.17) is 15.3 Å². The Hall–Kier alpha value is -1.14. The number of nitrogens with zero attached hydrogens (tertiary/aromatic N) is 1. The van der Waals surface area contributed by atoms with Gasteiger partial charge in [-0.3, -0.25) is 16.2 Å². The van der Waals surface area contributed by atoms with Crippen molar-refractivity contribution in [2.24, 2.45) is 5.84 Å². The van der Waals surface area contributed by atoms with Gasteiger partial charge in [0.2, 0.25) is 0 Å². The predicted molar refractivity (Wildman–Crippen MR) is 79.5 cm³/mol. The summed E-state index contributed by atoms with van der Waals surface area (Å²) < 4.78 is 10.6. The van der Waals surface area contributed by atoms with Gasteiger partial charge in [-0.2, -0.15) is 0 Å². The van der Waals surface area contributed by atoms with E-state index in [1.54, 1.807) is 7.11 Å². The van der Waals surface area contributed by atoms with Crippen LogP contribution in [0.2, 0.25) is 0 Å². The first-order valence-corrected chi connectivity index (χ1v) is 7.02. The second-order valence-electron chi connectivity index (χ2n) is 5.63. The molecule has 1 heterocycles. The molecule has 0 amide bonds. The predicted octanol–water partition coefficient (Wildman–Crippen LogP) is 1.31. The fourth-order valence-corrected chi connectivity index (χ4v) is 2.83. The molecule has 0 aliphatic carbocycles. The largest absolute Gasteiger partial charge is 0.497 e. The maximum atomic E-state index is 5.83. The van der Waals surface area contributed by atoms with Gasteiger partial charge in [-0.15, -0.1) is 0 Å². The number of nitrogens with two attached hydrogens (primary N) is 1. The molecule has 0 saturated carbocycles. The summed E-state index contributed by atoms with van der Waals surface area (Å²) >= 11 is 0. The first-order valence-electron chi connectivity index (χ1n) is 7.02. The molecule has 1 aromatic carbocycles. The molecule has 0 radical (unpaired) electrons. The van der Waals surface area contributed by atoms with E-state index < -0.39 is 0 Å². The van der Waals surface area contributed by atoms with Crippen molar-refractivity contribution in [1.29, 1.82) is 0 Å². The SMILES string of the molecule is COc1ccc(C(NN)C(C)(C)N2CCOCC2)cc1. The Labute approximate surface area is 121 Å². The van der Waals surface area contributed by atoms with Crippen molar-refractivity contribution < 1.29 is 9.47 Å². The lowest BCUT2D eigenvalue weighted by atomic mass is 9.87. The van der Waals surface area contributed by atoms with Gasteiger partial charge in [0, 0.05) is 18.6 Å². The molecular formula is C15H25N3O2. The number of methoxy groups -OCH3 is 1. The molecule has 1 aliphatic rings. The normalized spacial score (nSPS) is 18.8. The summed E-state index contributed by atoms with van der Waals surface area (Å²) in [6, 6.07) is 8.10.